The quantitative estimate of drug-likeness (QED) is 0.697. The van der Waals surface area contributed by atoms with Crippen LogP contribution in [0.4, 0.5) is 0 Å². The van der Waals surface area contributed by atoms with Crippen LogP contribution in [0.2, 0.25) is 0 Å². The lowest BCUT2D eigenvalue weighted by molar-refractivity contribution is -0.117. The van der Waals surface area contributed by atoms with E-state index >= 15 is 0 Å². The molecule has 0 heterocycles. The molecular weight excluding hydrogens is 186 g/mol. The number of hydrogen-bond acceptors (Lipinski definition) is 2. The van der Waals surface area contributed by atoms with Crippen molar-refractivity contribution < 1.29 is 4.79 Å². The topological polar surface area (TPSA) is 20.3 Å². The monoisotopic (exact) mass is 211 g/mol. The van der Waals surface area contributed by atoms with Gasteiger partial charge in [-0.3, -0.25) is 9.69 Å². The van der Waals surface area contributed by atoms with Crippen molar-refractivity contribution in [3.63, 3.8) is 0 Å². The fourth-order valence-electron chi connectivity index (χ4n) is 2.42. The van der Waals surface area contributed by atoms with Crippen molar-refractivity contribution in [2.24, 2.45) is 11.8 Å². The average Bonchev–Trinajstić information content (AvgIpc) is 2.48. The van der Waals surface area contributed by atoms with Gasteiger partial charge in [0, 0.05) is 32.0 Å². The molecule has 0 saturated heterocycles. The minimum atomic E-state index is 0.456. The second-order valence-corrected chi connectivity index (χ2v) is 5.68. The first-order valence-electron chi connectivity index (χ1n) is 6.24. The van der Waals surface area contributed by atoms with Crippen LogP contribution in [0.3, 0.4) is 0 Å². The van der Waals surface area contributed by atoms with Crippen LogP contribution in [0.25, 0.3) is 0 Å². The zero-order valence-corrected chi connectivity index (χ0v) is 10.6. The molecule has 1 fully saturated rings. The van der Waals surface area contributed by atoms with Gasteiger partial charge in [-0.25, -0.2) is 0 Å². The van der Waals surface area contributed by atoms with Gasteiger partial charge in [-0.05, 0) is 18.3 Å². The van der Waals surface area contributed by atoms with Gasteiger partial charge in [0.2, 0.25) is 0 Å². The first kappa shape index (κ1) is 12.7. The van der Waals surface area contributed by atoms with Gasteiger partial charge in [-0.15, -0.1) is 0 Å². The minimum absolute atomic E-state index is 0.456. The summed E-state index contributed by atoms with van der Waals surface area (Å²) in [5.74, 6) is 1.84. The standard InChI is InChI=1S/C13H25NO/c1-10(2)8-14(9-11(3)4)12-5-6-13(15)7-12/h10-12H,5-9H2,1-4H3. The van der Waals surface area contributed by atoms with Gasteiger partial charge in [0.15, 0.2) is 0 Å². The van der Waals surface area contributed by atoms with E-state index in [0.717, 1.165) is 32.4 Å². The summed E-state index contributed by atoms with van der Waals surface area (Å²) < 4.78 is 0. The summed E-state index contributed by atoms with van der Waals surface area (Å²) in [6.07, 6.45) is 2.68. The molecule has 1 unspecified atom stereocenters. The number of carbonyl (C=O) groups excluding carboxylic acids is 1. The molecule has 0 N–H and O–H groups in total. The van der Waals surface area contributed by atoms with Gasteiger partial charge in [-0.1, -0.05) is 27.7 Å². The molecule has 0 spiro atoms. The van der Waals surface area contributed by atoms with E-state index < -0.39 is 0 Å². The summed E-state index contributed by atoms with van der Waals surface area (Å²) in [6.45, 7) is 11.3. The summed E-state index contributed by atoms with van der Waals surface area (Å²) in [4.78, 5) is 13.8. The fourth-order valence-corrected chi connectivity index (χ4v) is 2.42. The van der Waals surface area contributed by atoms with Crippen molar-refractivity contribution in [1.29, 1.82) is 0 Å². The molecule has 0 aromatic carbocycles. The highest BCUT2D eigenvalue weighted by molar-refractivity contribution is 5.81. The number of Topliss-reactive ketones (excluding diaryl/α,β-unsaturated/α-hetero) is 1. The molecule has 0 radical (unpaired) electrons. The molecule has 0 bridgehead atoms. The third-order valence-corrected chi connectivity index (χ3v) is 2.94. The Labute approximate surface area is 94.0 Å². The molecule has 2 nitrogen and oxygen atoms in total. The van der Waals surface area contributed by atoms with Crippen molar-refractivity contribution in [1.82, 2.24) is 4.90 Å². The SMILES string of the molecule is CC(C)CN(CC(C)C)C1CCC(=O)C1. The molecule has 1 aliphatic carbocycles. The van der Waals surface area contributed by atoms with E-state index in [1.54, 1.807) is 0 Å². The molecule has 0 aromatic rings. The lowest BCUT2D eigenvalue weighted by Crippen LogP contribution is -2.39. The van der Waals surface area contributed by atoms with Gasteiger partial charge in [-0.2, -0.15) is 0 Å². The fraction of sp³-hybridized carbons (Fsp3) is 0.923. The molecule has 2 heteroatoms. The van der Waals surface area contributed by atoms with Gasteiger partial charge in [0.1, 0.15) is 5.78 Å². The number of ketones is 1. The van der Waals surface area contributed by atoms with E-state index in [9.17, 15) is 4.79 Å². The van der Waals surface area contributed by atoms with E-state index in [1.165, 1.54) is 0 Å². The van der Waals surface area contributed by atoms with Crippen molar-refractivity contribution in [3.05, 3.63) is 0 Å². The Balaban J connectivity index is 2.51. The highest BCUT2D eigenvalue weighted by Crippen LogP contribution is 2.22. The maximum Gasteiger partial charge on any atom is 0.134 e. The van der Waals surface area contributed by atoms with Crippen LogP contribution in [0.5, 0.6) is 0 Å². The van der Waals surface area contributed by atoms with Crippen molar-refractivity contribution >= 4 is 5.78 Å². The molecule has 1 atom stereocenters. The van der Waals surface area contributed by atoms with Crippen LogP contribution in [0.1, 0.15) is 47.0 Å². The molecule has 0 aliphatic heterocycles. The zero-order valence-electron chi connectivity index (χ0n) is 10.6. The van der Waals surface area contributed by atoms with Crippen molar-refractivity contribution in [3.8, 4) is 0 Å². The summed E-state index contributed by atoms with van der Waals surface area (Å²) in [5.41, 5.74) is 0. The van der Waals surface area contributed by atoms with E-state index in [1.807, 2.05) is 0 Å². The number of nitrogens with zero attached hydrogens (tertiary/aromatic N) is 1. The normalized spacial score (nSPS) is 22.3. The number of rotatable bonds is 5. The molecule has 15 heavy (non-hydrogen) atoms. The summed E-state index contributed by atoms with van der Waals surface area (Å²) in [7, 11) is 0. The van der Waals surface area contributed by atoms with Gasteiger partial charge in [0.25, 0.3) is 0 Å². The van der Waals surface area contributed by atoms with Gasteiger partial charge in [0.05, 0.1) is 0 Å². The van der Waals surface area contributed by atoms with Crippen LogP contribution in [-0.2, 0) is 4.79 Å². The first-order chi connectivity index (χ1) is 6.99. The predicted octanol–water partition coefficient (Wildman–Crippen LogP) is 2.72. The molecule has 0 amide bonds. The maximum atomic E-state index is 11.3. The molecule has 1 rings (SSSR count). The molecule has 0 aromatic heterocycles. The number of carbonyl (C=O) groups is 1. The van der Waals surface area contributed by atoms with E-state index in [0.29, 0.717) is 23.7 Å². The van der Waals surface area contributed by atoms with Crippen molar-refractivity contribution in [2.45, 2.75) is 53.0 Å². The third-order valence-electron chi connectivity index (χ3n) is 2.94. The van der Waals surface area contributed by atoms with Crippen LogP contribution in [0, 0.1) is 11.8 Å². The van der Waals surface area contributed by atoms with E-state index in [4.69, 9.17) is 0 Å². The van der Waals surface area contributed by atoms with Crippen LogP contribution in [-0.4, -0.2) is 29.8 Å². The van der Waals surface area contributed by atoms with Gasteiger partial charge < -0.3 is 0 Å². The second kappa shape index (κ2) is 5.64. The summed E-state index contributed by atoms with van der Waals surface area (Å²) in [6, 6.07) is 0.530. The Hall–Kier alpha value is -0.370. The minimum Gasteiger partial charge on any atom is -0.300 e. The van der Waals surface area contributed by atoms with Crippen molar-refractivity contribution in [2.75, 3.05) is 13.1 Å². The zero-order chi connectivity index (χ0) is 11.4. The summed E-state index contributed by atoms with van der Waals surface area (Å²) in [5, 5.41) is 0. The Bertz CT molecular complexity index is 201. The van der Waals surface area contributed by atoms with Gasteiger partial charge >= 0.3 is 0 Å². The smallest absolute Gasteiger partial charge is 0.134 e. The lowest BCUT2D eigenvalue weighted by atomic mass is 10.1. The lowest BCUT2D eigenvalue weighted by Gasteiger charge is -2.31. The Morgan fingerprint density at radius 3 is 2.07 bits per heavy atom. The first-order valence-corrected chi connectivity index (χ1v) is 6.24. The highest BCUT2D eigenvalue weighted by Gasteiger charge is 2.28. The Morgan fingerprint density at radius 2 is 1.73 bits per heavy atom. The van der Waals surface area contributed by atoms with E-state index in [2.05, 4.69) is 32.6 Å². The van der Waals surface area contributed by atoms with Crippen LogP contribution in [0.15, 0.2) is 0 Å². The maximum absolute atomic E-state index is 11.3. The number of hydrogen-bond donors (Lipinski definition) is 0. The summed E-state index contributed by atoms with van der Waals surface area (Å²) >= 11 is 0. The second-order valence-electron chi connectivity index (χ2n) is 5.68. The third kappa shape index (κ3) is 4.33. The van der Waals surface area contributed by atoms with E-state index in [-0.39, 0.29) is 0 Å². The molecule has 1 saturated carbocycles. The molecule has 88 valence electrons. The van der Waals surface area contributed by atoms with Crippen LogP contribution < -0.4 is 0 Å². The average molecular weight is 211 g/mol. The predicted molar refractivity (Wildman–Crippen MR) is 63.9 cm³/mol. The Kier molecular flexibility index (Phi) is 4.78. The highest BCUT2D eigenvalue weighted by atomic mass is 16.1. The largest absolute Gasteiger partial charge is 0.300 e. The molecule has 1 aliphatic rings. The van der Waals surface area contributed by atoms with Crippen LogP contribution >= 0.6 is 0 Å². The Morgan fingerprint density at radius 1 is 1.20 bits per heavy atom. The molecular formula is C13H25NO.